The van der Waals surface area contributed by atoms with Crippen LogP contribution in [0.2, 0.25) is 0 Å². The summed E-state index contributed by atoms with van der Waals surface area (Å²) in [4.78, 5) is 16.4. The van der Waals surface area contributed by atoms with Crippen LogP contribution in [0.5, 0.6) is 0 Å². The number of hydrogen-bond acceptors (Lipinski definition) is 3. The van der Waals surface area contributed by atoms with E-state index in [0.29, 0.717) is 13.1 Å². The van der Waals surface area contributed by atoms with E-state index in [1.165, 1.54) is 0 Å². The maximum absolute atomic E-state index is 12.3. The molecule has 1 heterocycles. The highest BCUT2D eigenvalue weighted by Gasteiger charge is 2.22. The van der Waals surface area contributed by atoms with Crippen LogP contribution in [0.3, 0.4) is 0 Å². The number of amides is 1. The summed E-state index contributed by atoms with van der Waals surface area (Å²) in [6.07, 6.45) is 7.35. The predicted octanol–water partition coefficient (Wildman–Crippen LogP) is 1.22. The zero-order valence-corrected chi connectivity index (χ0v) is 11.8. The molecule has 18 heavy (non-hydrogen) atoms. The van der Waals surface area contributed by atoms with Crippen molar-refractivity contribution in [3.05, 3.63) is 12.2 Å². The van der Waals surface area contributed by atoms with E-state index in [0.717, 1.165) is 38.9 Å². The first kappa shape index (κ1) is 15.2. The van der Waals surface area contributed by atoms with Crippen LogP contribution in [0.25, 0.3) is 0 Å². The quantitative estimate of drug-likeness (QED) is 0.694. The Labute approximate surface area is 111 Å². The van der Waals surface area contributed by atoms with Gasteiger partial charge in [0.2, 0.25) is 5.91 Å². The van der Waals surface area contributed by atoms with Crippen molar-refractivity contribution in [1.29, 1.82) is 0 Å². The van der Waals surface area contributed by atoms with Crippen molar-refractivity contribution in [2.45, 2.75) is 39.2 Å². The van der Waals surface area contributed by atoms with Crippen LogP contribution in [0, 0.1) is 0 Å². The van der Waals surface area contributed by atoms with E-state index in [4.69, 9.17) is 5.73 Å². The lowest BCUT2D eigenvalue weighted by Crippen LogP contribution is -2.48. The summed E-state index contributed by atoms with van der Waals surface area (Å²) >= 11 is 0. The number of rotatable bonds is 7. The Morgan fingerprint density at radius 3 is 2.61 bits per heavy atom. The van der Waals surface area contributed by atoms with Crippen molar-refractivity contribution < 1.29 is 4.79 Å². The standard InChI is InChI=1S/C14H27N3O/c1-3-8-16(9-4-2)14(18)12-17-10-6-5-7-13(17)11-15/h5,7,13H,3-4,6,8-12,15H2,1-2H3. The SMILES string of the molecule is CCCN(CCC)C(=O)CN1CCC=CC1CN. The van der Waals surface area contributed by atoms with Gasteiger partial charge in [0.25, 0.3) is 0 Å². The van der Waals surface area contributed by atoms with Crippen LogP contribution in [0.4, 0.5) is 0 Å². The van der Waals surface area contributed by atoms with Crippen molar-refractivity contribution >= 4 is 5.91 Å². The van der Waals surface area contributed by atoms with Crippen molar-refractivity contribution in [1.82, 2.24) is 9.80 Å². The summed E-state index contributed by atoms with van der Waals surface area (Å²) in [5.41, 5.74) is 5.75. The van der Waals surface area contributed by atoms with Gasteiger partial charge in [-0.25, -0.2) is 0 Å². The molecule has 0 radical (unpaired) electrons. The highest BCUT2D eigenvalue weighted by atomic mass is 16.2. The molecule has 0 aromatic rings. The second-order valence-corrected chi connectivity index (χ2v) is 4.87. The van der Waals surface area contributed by atoms with Crippen molar-refractivity contribution in [2.24, 2.45) is 5.73 Å². The molecule has 0 bridgehead atoms. The van der Waals surface area contributed by atoms with Crippen LogP contribution in [0.1, 0.15) is 33.1 Å². The zero-order chi connectivity index (χ0) is 13.4. The smallest absolute Gasteiger partial charge is 0.236 e. The van der Waals surface area contributed by atoms with E-state index in [-0.39, 0.29) is 11.9 Å². The van der Waals surface area contributed by atoms with Crippen LogP contribution >= 0.6 is 0 Å². The predicted molar refractivity (Wildman–Crippen MR) is 75.3 cm³/mol. The first-order valence-corrected chi connectivity index (χ1v) is 7.11. The van der Waals surface area contributed by atoms with Crippen LogP contribution in [0.15, 0.2) is 12.2 Å². The Morgan fingerprint density at radius 1 is 1.39 bits per heavy atom. The number of nitrogens with zero attached hydrogens (tertiary/aromatic N) is 2. The molecule has 1 atom stereocenters. The molecule has 104 valence electrons. The van der Waals surface area contributed by atoms with Gasteiger partial charge in [-0.2, -0.15) is 0 Å². The minimum atomic E-state index is 0.229. The fourth-order valence-electron chi connectivity index (χ4n) is 2.38. The van der Waals surface area contributed by atoms with Gasteiger partial charge >= 0.3 is 0 Å². The van der Waals surface area contributed by atoms with E-state index >= 15 is 0 Å². The Balaban J connectivity index is 2.53. The summed E-state index contributed by atoms with van der Waals surface area (Å²) in [5, 5.41) is 0. The Bertz CT molecular complexity index is 272. The first-order valence-electron chi connectivity index (χ1n) is 7.11. The number of nitrogens with two attached hydrogens (primary N) is 1. The number of carbonyl (C=O) groups excluding carboxylic acids is 1. The molecule has 2 N–H and O–H groups in total. The average Bonchev–Trinajstić information content (AvgIpc) is 2.39. The molecule has 1 unspecified atom stereocenters. The summed E-state index contributed by atoms with van der Waals surface area (Å²) in [6, 6.07) is 0.229. The van der Waals surface area contributed by atoms with Gasteiger partial charge in [0.1, 0.15) is 0 Å². The molecule has 1 aliphatic heterocycles. The zero-order valence-electron chi connectivity index (χ0n) is 11.8. The third-order valence-corrected chi connectivity index (χ3v) is 3.33. The fraction of sp³-hybridized carbons (Fsp3) is 0.786. The maximum atomic E-state index is 12.3. The van der Waals surface area contributed by atoms with Crippen LogP contribution in [-0.2, 0) is 4.79 Å². The lowest BCUT2D eigenvalue weighted by Gasteiger charge is -2.33. The Hall–Kier alpha value is -0.870. The van der Waals surface area contributed by atoms with Gasteiger partial charge in [-0.05, 0) is 19.3 Å². The first-order chi connectivity index (χ1) is 8.72. The molecule has 0 fully saturated rings. The fourth-order valence-corrected chi connectivity index (χ4v) is 2.38. The summed E-state index contributed by atoms with van der Waals surface area (Å²) < 4.78 is 0. The molecule has 0 aliphatic carbocycles. The number of carbonyl (C=O) groups is 1. The summed E-state index contributed by atoms with van der Waals surface area (Å²) in [5.74, 6) is 0.243. The topological polar surface area (TPSA) is 49.6 Å². The molecule has 0 saturated heterocycles. The Kier molecular flexibility index (Phi) is 6.98. The molecular weight excluding hydrogens is 226 g/mol. The molecule has 0 aromatic carbocycles. The summed E-state index contributed by atoms with van der Waals surface area (Å²) in [6.45, 7) is 7.99. The highest BCUT2D eigenvalue weighted by molar-refractivity contribution is 5.78. The van der Waals surface area contributed by atoms with E-state index < -0.39 is 0 Å². The van der Waals surface area contributed by atoms with Gasteiger partial charge in [0.05, 0.1) is 6.54 Å². The molecule has 0 saturated carbocycles. The largest absolute Gasteiger partial charge is 0.342 e. The minimum Gasteiger partial charge on any atom is -0.342 e. The number of hydrogen-bond donors (Lipinski definition) is 1. The second kappa shape index (κ2) is 8.27. The minimum absolute atomic E-state index is 0.229. The van der Waals surface area contributed by atoms with Crippen LogP contribution in [-0.4, -0.2) is 54.5 Å². The van der Waals surface area contributed by atoms with E-state index in [1.54, 1.807) is 0 Å². The Morgan fingerprint density at radius 2 is 2.06 bits per heavy atom. The van der Waals surface area contributed by atoms with E-state index in [1.807, 2.05) is 4.90 Å². The van der Waals surface area contributed by atoms with Gasteiger partial charge in [0.15, 0.2) is 0 Å². The van der Waals surface area contributed by atoms with Gasteiger partial charge in [0, 0.05) is 32.2 Å². The normalized spacial score (nSPS) is 20.1. The molecule has 4 nitrogen and oxygen atoms in total. The van der Waals surface area contributed by atoms with Gasteiger partial charge in [-0.1, -0.05) is 26.0 Å². The molecule has 1 aliphatic rings. The van der Waals surface area contributed by atoms with E-state index in [2.05, 4.69) is 30.9 Å². The van der Waals surface area contributed by atoms with Gasteiger partial charge < -0.3 is 10.6 Å². The average molecular weight is 253 g/mol. The monoisotopic (exact) mass is 253 g/mol. The lowest BCUT2D eigenvalue weighted by atomic mass is 10.1. The maximum Gasteiger partial charge on any atom is 0.236 e. The van der Waals surface area contributed by atoms with E-state index in [9.17, 15) is 4.79 Å². The second-order valence-electron chi connectivity index (χ2n) is 4.87. The third kappa shape index (κ3) is 4.42. The van der Waals surface area contributed by atoms with Crippen LogP contribution < -0.4 is 5.73 Å². The molecular formula is C14H27N3O. The molecule has 0 spiro atoms. The third-order valence-electron chi connectivity index (χ3n) is 3.33. The lowest BCUT2D eigenvalue weighted by molar-refractivity contribution is -0.132. The molecule has 0 aromatic heterocycles. The van der Waals surface area contributed by atoms with Gasteiger partial charge in [-0.3, -0.25) is 9.69 Å². The molecule has 4 heteroatoms. The van der Waals surface area contributed by atoms with Crippen molar-refractivity contribution in [3.63, 3.8) is 0 Å². The summed E-state index contributed by atoms with van der Waals surface area (Å²) in [7, 11) is 0. The molecule has 1 amide bonds. The van der Waals surface area contributed by atoms with Crippen molar-refractivity contribution in [2.75, 3.05) is 32.7 Å². The molecule has 1 rings (SSSR count). The highest BCUT2D eigenvalue weighted by Crippen LogP contribution is 2.09. The van der Waals surface area contributed by atoms with Gasteiger partial charge in [-0.15, -0.1) is 0 Å². The van der Waals surface area contributed by atoms with Crippen molar-refractivity contribution in [3.8, 4) is 0 Å².